The first-order chi connectivity index (χ1) is 9.69. The summed E-state index contributed by atoms with van der Waals surface area (Å²) in [5.41, 5.74) is 5.23. The maximum Gasteiger partial charge on any atom is 0.238 e. The summed E-state index contributed by atoms with van der Waals surface area (Å²) in [6.07, 6.45) is 11.1. The zero-order valence-electron chi connectivity index (χ0n) is 13.0. The quantitative estimate of drug-likeness (QED) is 0.809. The highest BCUT2D eigenvalue weighted by molar-refractivity contribution is 5.85. The molecule has 1 saturated carbocycles. The summed E-state index contributed by atoms with van der Waals surface area (Å²) in [7, 11) is 1.89. The van der Waals surface area contributed by atoms with Crippen LogP contribution in [0.25, 0.3) is 0 Å². The number of hydrogen-bond acceptors (Lipinski definition) is 3. The van der Waals surface area contributed by atoms with Crippen LogP contribution in [0.2, 0.25) is 0 Å². The third-order valence-corrected chi connectivity index (χ3v) is 5.45. The van der Waals surface area contributed by atoms with Crippen LogP contribution in [0.1, 0.15) is 57.8 Å². The van der Waals surface area contributed by atoms with Crippen LogP contribution in [0.5, 0.6) is 0 Å². The van der Waals surface area contributed by atoms with E-state index in [1.54, 1.807) is 0 Å². The van der Waals surface area contributed by atoms with Gasteiger partial charge in [-0.2, -0.15) is 0 Å². The fraction of sp³-hybridized carbons (Fsp3) is 0.938. The highest BCUT2D eigenvalue weighted by atomic mass is 16.1. The molecule has 2 rings (SSSR count). The number of hydrogen-bond donors (Lipinski definition) is 2. The van der Waals surface area contributed by atoms with E-state index >= 15 is 0 Å². The van der Waals surface area contributed by atoms with E-state index in [4.69, 9.17) is 5.73 Å². The molecule has 0 aromatic rings. The van der Waals surface area contributed by atoms with Crippen molar-refractivity contribution < 1.29 is 4.79 Å². The van der Waals surface area contributed by atoms with Crippen molar-refractivity contribution in [3.63, 3.8) is 0 Å². The highest BCUT2D eigenvalue weighted by Gasteiger charge is 2.46. The number of carbonyl (C=O) groups is 1. The number of rotatable bonds is 5. The number of nitrogens with zero attached hydrogens (tertiary/aromatic N) is 1. The molecule has 0 aromatic heterocycles. The van der Waals surface area contributed by atoms with Crippen molar-refractivity contribution in [2.45, 2.75) is 63.3 Å². The number of likely N-dealkylation sites (tertiary alicyclic amines) is 1. The van der Waals surface area contributed by atoms with Crippen LogP contribution in [0, 0.1) is 5.92 Å². The van der Waals surface area contributed by atoms with Crippen molar-refractivity contribution >= 4 is 5.91 Å². The lowest BCUT2D eigenvalue weighted by atomic mass is 9.84. The molecular formula is C16H31N3O. The molecule has 1 saturated heterocycles. The largest absolute Gasteiger partial charge is 0.368 e. The minimum atomic E-state index is -0.442. The van der Waals surface area contributed by atoms with E-state index in [2.05, 4.69) is 10.2 Å². The first kappa shape index (κ1) is 15.8. The molecule has 3 N–H and O–H groups in total. The van der Waals surface area contributed by atoms with E-state index in [9.17, 15) is 4.79 Å². The predicted octanol–water partition coefficient (Wildman–Crippen LogP) is 1.89. The average Bonchev–Trinajstić information content (AvgIpc) is 2.81. The Balaban J connectivity index is 1.86. The van der Waals surface area contributed by atoms with E-state index in [1.165, 1.54) is 45.2 Å². The number of carbonyl (C=O) groups excluding carboxylic acids is 1. The molecule has 1 aliphatic heterocycles. The summed E-state index contributed by atoms with van der Waals surface area (Å²) in [6, 6.07) is 0. The van der Waals surface area contributed by atoms with Crippen molar-refractivity contribution in [1.82, 2.24) is 10.2 Å². The predicted molar refractivity (Wildman–Crippen MR) is 82.5 cm³/mol. The summed E-state index contributed by atoms with van der Waals surface area (Å²) in [5, 5.41) is 3.24. The molecule has 20 heavy (non-hydrogen) atoms. The smallest absolute Gasteiger partial charge is 0.238 e. The molecule has 4 nitrogen and oxygen atoms in total. The number of primary amides is 1. The molecule has 1 aliphatic carbocycles. The Morgan fingerprint density at radius 3 is 2.45 bits per heavy atom. The summed E-state index contributed by atoms with van der Waals surface area (Å²) in [5.74, 6) is 0.255. The molecule has 1 heterocycles. The van der Waals surface area contributed by atoms with E-state index < -0.39 is 5.54 Å². The van der Waals surface area contributed by atoms with Crippen LogP contribution in [0.15, 0.2) is 0 Å². The zero-order valence-corrected chi connectivity index (χ0v) is 13.0. The van der Waals surface area contributed by atoms with Gasteiger partial charge in [0.15, 0.2) is 0 Å². The Hall–Kier alpha value is -0.610. The van der Waals surface area contributed by atoms with Gasteiger partial charge in [-0.15, -0.1) is 0 Å². The van der Waals surface area contributed by atoms with Crippen LogP contribution < -0.4 is 11.1 Å². The topological polar surface area (TPSA) is 58.4 Å². The molecule has 4 heteroatoms. The van der Waals surface area contributed by atoms with Gasteiger partial charge in [-0.05, 0) is 64.7 Å². The molecule has 2 atom stereocenters. The molecule has 0 radical (unpaired) electrons. The Morgan fingerprint density at radius 1 is 1.20 bits per heavy atom. The van der Waals surface area contributed by atoms with Crippen molar-refractivity contribution in [3.8, 4) is 0 Å². The molecule has 0 aromatic carbocycles. The van der Waals surface area contributed by atoms with Gasteiger partial charge in [-0.1, -0.05) is 25.7 Å². The molecule has 2 aliphatic rings. The summed E-state index contributed by atoms with van der Waals surface area (Å²) in [6.45, 7) is 3.59. The lowest BCUT2D eigenvalue weighted by Gasteiger charge is -2.34. The van der Waals surface area contributed by atoms with Gasteiger partial charge < -0.3 is 16.0 Å². The maximum absolute atomic E-state index is 11.9. The molecule has 0 bridgehead atoms. The third kappa shape index (κ3) is 3.53. The van der Waals surface area contributed by atoms with Crippen LogP contribution in [0.3, 0.4) is 0 Å². The average molecular weight is 281 g/mol. The van der Waals surface area contributed by atoms with Crippen molar-refractivity contribution in [1.29, 1.82) is 0 Å². The second-order valence-corrected chi connectivity index (χ2v) is 6.57. The second-order valence-electron chi connectivity index (χ2n) is 6.57. The number of nitrogens with two attached hydrogens (primary N) is 1. The number of amides is 1. The number of nitrogens with one attached hydrogen (secondary N) is 1. The summed E-state index contributed by atoms with van der Waals surface area (Å²) in [4.78, 5) is 14.5. The van der Waals surface area contributed by atoms with Crippen LogP contribution in [-0.4, -0.2) is 43.0 Å². The fourth-order valence-corrected chi connectivity index (χ4v) is 4.12. The lowest BCUT2D eigenvalue weighted by Crippen LogP contribution is -2.56. The van der Waals surface area contributed by atoms with Gasteiger partial charge in [0.05, 0.1) is 0 Å². The minimum absolute atomic E-state index is 0.157. The molecule has 1 amide bonds. The molecule has 116 valence electrons. The first-order valence-electron chi connectivity index (χ1n) is 8.40. The van der Waals surface area contributed by atoms with E-state index in [0.717, 1.165) is 32.2 Å². The van der Waals surface area contributed by atoms with Gasteiger partial charge in [-0.3, -0.25) is 4.79 Å². The Morgan fingerprint density at radius 2 is 1.85 bits per heavy atom. The van der Waals surface area contributed by atoms with Crippen LogP contribution in [0.4, 0.5) is 0 Å². The molecular weight excluding hydrogens is 250 g/mol. The summed E-state index contributed by atoms with van der Waals surface area (Å²) >= 11 is 0. The standard InChI is InChI=1S/C16H31N3O/c1-18-16(15(17)20)10-7-8-14(16)9-13-19-11-5-3-2-4-6-12-19/h14,18H,2-13H2,1H3,(H2,17,20). The molecule has 2 fully saturated rings. The van der Waals surface area contributed by atoms with Gasteiger partial charge in [0.25, 0.3) is 0 Å². The number of likely N-dealkylation sites (N-methyl/N-ethyl adjacent to an activating group) is 1. The first-order valence-corrected chi connectivity index (χ1v) is 8.40. The zero-order chi connectivity index (χ0) is 14.4. The van der Waals surface area contributed by atoms with Crippen molar-refractivity contribution in [2.24, 2.45) is 11.7 Å². The Kier molecular flexibility index (Phi) is 5.85. The van der Waals surface area contributed by atoms with Gasteiger partial charge in [0.2, 0.25) is 5.91 Å². The van der Waals surface area contributed by atoms with Crippen LogP contribution in [-0.2, 0) is 4.79 Å². The lowest BCUT2D eigenvalue weighted by molar-refractivity contribution is -0.125. The van der Waals surface area contributed by atoms with E-state index in [0.29, 0.717) is 5.92 Å². The monoisotopic (exact) mass is 281 g/mol. The summed E-state index contributed by atoms with van der Waals surface area (Å²) < 4.78 is 0. The second kappa shape index (κ2) is 7.41. The van der Waals surface area contributed by atoms with Crippen molar-refractivity contribution in [2.75, 3.05) is 26.7 Å². The minimum Gasteiger partial charge on any atom is -0.368 e. The third-order valence-electron chi connectivity index (χ3n) is 5.45. The van der Waals surface area contributed by atoms with Gasteiger partial charge in [-0.25, -0.2) is 0 Å². The van der Waals surface area contributed by atoms with Gasteiger partial charge >= 0.3 is 0 Å². The molecule has 0 spiro atoms. The van der Waals surface area contributed by atoms with E-state index in [1.807, 2.05) is 7.05 Å². The van der Waals surface area contributed by atoms with E-state index in [-0.39, 0.29) is 5.91 Å². The molecule has 2 unspecified atom stereocenters. The maximum atomic E-state index is 11.9. The SMILES string of the molecule is CNC1(C(N)=O)CCCC1CCN1CCCCCCC1. The van der Waals surface area contributed by atoms with Crippen molar-refractivity contribution in [3.05, 3.63) is 0 Å². The Bertz CT molecular complexity index is 313. The van der Waals surface area contributed by atoms with Crippen LogP contribution >= 0.6 is 0 Å². The van der Waals surface area contributed by atoms with Gasteiger partial charge in [0, 0.05) is 0 Å². The fourth-order valence-electron chi connectivity index (χ4n) is 4.12. The highest BCUT2D eigenvalue weighted by Crippen LogP contribution is 2.37. The normalized spacial score (nSPS) is 32.8. The Labute approximate surface area is 123 Å². The van der Waals surface area contributed by atoms with Gasteiger partial charge in [0.1, 0.15) is 5.54 Å².